The van der Waals surface area contributed by atoms with Crippen molar-refractivity contribution in [3.63, 3.8) is 0 Å². The van der Waals surface area contributed by atoms with E-state index in [2.05, 4.69) is 43.5 Å². The van der Waals surface area contributed by atoms with Crippen LogP contribution in [0.5, 0.6) is 0 Å². The largest absolute Gasteiger partial charge is 0.357 e. The second-order valence-corrected chi connectivity index (χ2v) is 5.28. The van der Waals surface area contributed by atoms with Crippen LogP contribution in [-0.2, 0) is 10.3 Å². The normalized spacial score (nSPS) is 25.4. The van der Waals surface area contributed by atoms with Crippen molar-refractivity contribution in [1.29, 1.82) is 0 Å². The number of benzene rings is 2. The molecule has 0 bridgehead atoms. The maximum Gasteiger partial charge on any atom is 0.120 e. The number of ether oxygens (including phenoxy) is 1. The smallest absolute Gasteiger partial charge is 0.120 e. The molecule has 1 nitrogen and oxygen atoms in total. The van der Waals surface area contributed by atoms with E-state index < -0.39 is 5.60 Å². The first-order chi connectivity index (χ1) is 9.74. The molecule has 3 rings (SSSR count). The molecule has 2 aromatic rings. The molecule has 0 aliphatic carbocycles. The second kappa shape index (κ2) is 5.13. The van der Waals surface area contributed by atoms with Crippen LogP contribution in [0, 0.1) is 0 Å². The van der Waals surface area contributed by atoms with Crippen LogP contribution in [-0.4, -0.2) is 0 Å². The quantitative estimate of drug-likeness (QED) is 0.708. The van der Waals surface area contributed by atoms with Gasteiger partial charge in [-0.1, -0.05) is 67.2 Å². The molecule has 0 spiro atoms. The van der Waals surface area contributed by atoms with Gasteiger partial charge in [0.25, 0.3) is 0 Å². The van der Waals surface area contributed by atoms with Gasteiger partial charge in [-0.3, -0.25) is 0 Å². The van der Waals surface area contributed by atoms with E-state index in [0.717, 1.165) is 17.6 Å². The molecule has 1 heteroatoms. The second-order valence-electron chi connectivity index (χ2n) is 5.28. The van der Waals surface area contributed by atoms with E-state index in [4.69, 9.17) is 4.74 Å². The van der Waals surface area contributed by atoms with Gasteiger partial charge in [-0.05, 0) is 18.1 Å². The fraction of sp³-hybridized carbons (Fsp3) is 0.211. The zero-order chi connectivity index (χ0) is 14.0. The first-order valence-corrected chi connectivity index (χ1v) is 6.92. The first kappa shape index (κ1) is 12.9. The van der Waals surface area contributed by atoms with Crippen LogP contribution in [0.15, 0.2) is 78.5 Å². The van der Waals surface area contributed by atoms with E-state index in [-0.39, 0.29) is 6.10 Å². The van der Waals surface area contributed by atoms with Gasteiger partial charge in [-0.2, -0.15) is 0 Å². The predicted octanol–water partition coefficient (Wildman–Crippen LogP) is 4.77. The van der Waals surface area contributed by atoms with Crippen molar-refractivity contribution in [2.45, 2.75) is 25.0 Å². The average molecular weight is 262 g/mol. The van der Waals surface area contributed by atoms with Crippen LogP contribution >= 0.6 is 0 Å². The van der Waals surface area contributed by atoms with Crippen molar-refractivity contribution < 1.29 is 4.74 Å². The third kappa shape index (κ3) is 2.12. The Kier molecular flexibility index (Phi) is 3.31. The minimum atomic E-state index is -0.427. The minimum absolute atomic E-state index is 0.0747. The summed E-state index contributed by atoms with van der Waals surface area (Å²) >= 11 is 0. The van der Waals surface area contributed by atoms with E-state index in [9.17, 15) is 0 Å². The van der Waals surface area contributed by atoms with E-state index in [0.29, 0.717) is 0 Å². The lowest BCUT2D eigenvalue weighted by molar-refractivity contribution is -0.0202. The molecule has 2 atom stereocenters. The van der Waals surface area contributed by atoms with Crippen molar-refractivity contribution in [2.24, 2.45) is 0 Å². The van der Waals surface area contributed by atoms with Gasteiger partial charge in [0.15, 0.2) is 0 Å². The highest BCUT2D eigenvalue weighted by atomic mass is 16.5. The van der Waals surface area contributed by atoms with Gasteiger partial charge in [-0.25, -0.2) is 0 Å². The lowest BCUT2D eigenvalue weighted by Crippen LogP contribution is -2.22. The third-order valence-corrected chi connectivity index (χ3v) is 4.05. The lowest BCUT2D eigenvalue weighted by atomic mass is 9.88. The molecule has 0 N–H and O–H groups in total. The van der Waals surface area contributed by atoms with Gasteiger partial charge in [0.05, 0.1) is 6.10 Å². The first-order valence-electron chi connectivity index (χ1n) is 6.92. The van der Waals surface area contributed by atoms with Crippen LogP contribution in [0.25, 0.3) is 0 Å². The zero-order valence-electron chi connectivity index (χ0n) is 11.7. The summed E-state index contributed by atoms with van der Waals surface area (Å²) in [5.41, 5.74) is 6.16. The molecule has 2 unspecified atom stereocenters. The molecule has 1 heterocycles. The number of hydrogen-bond donors (Lipinski definition) is 0. The van der Waals surface area contributed by atoms with Gasteiger partial charge >= 0.3 is 0 Å². The molecule has 0 radical (unpaired) electrons. The van der Waals surface area contributed by atoms with Crippen molar-refractivity contribution >= 4 is 0 Å². The molecule has 0 amide bonds. The van der Waals surface area contributed by atoms with Gasteiger partial charge in [0.2, 0.25) is 0 Å². The van der Waals surface area contributed by atoms with Crippen LogP contribution in [0.3, 0.4) is 0 Å². The van der Waals surface area contributed by atoms with Crippen LogP contribution in [0.2, 0.25) is 0 Å². The zero-order valence-corrected chi connectivity index (χ0v) is 11.7. The molecule has 1 aliphatic rings. The standard InChI is InChI=1S/C19H18O/c1-3-16-14-18(15-10-6-4-7-11-15)20-19(16,2)17-12-8-5-9-13-17/h4-13,18H,1,14H2,2H3. The van der Waals surface area contributed by atoms with Crippen LogP contribution in [0.1, 0.15) is 30.6 Å². The molecule has 1 saturated heterocycles. The number of hydrogen-bond acceptors (Lipinski definition) is 1. The topological polar surface area (TPSA) is 9.23 Å². The Bertz CT molecular complexity index is 638. The van der Waals surface area contributed by atoms with E-state index in [1.165, 1.54) is 5.56 Å². The van der Waals surface area contributed by atoms with E-state index in [1.807, 2.05) is 36.4 Å². The van der Waals surface area contributed by atoms with Crippen LogP contribution < -0.4 is 0 Å². The van der Waals surface area contributed by atoms with E-state index >= 15 is 0 Å². The summed E-state index contributed by atoms with van der Waals surface area (Å²) in [6.07, 6.45) is 0.921. The molecule has 1 fully saturated rings. The molecule has 0 saturated carbocycles. The Balaban J connectivity index is 1.99. The van der Waals surface area contributed by atoms with Gasteiger partial charge in [-0.15, -0.1) is 5.73 Å². The SMILES string of the molecule is C=C=C1CC(c2ccccc2)OC1(C)c1ccccc1. The predicted molar refractivity (Wildman–Crippen MR) is 81.3 cm³/mol. The maximum absolute atomic E-state index is 6.38. The molecular formula is C19H18O. The highest BCUT2D eigenvalue weighted by Gasteiger charge is 2.42. The summed E-state index contributed by atoms with van der Waals surface area (Å²) in [5.74, 6) is 0. The molecule has 100 valence electrons. The summed E-state index contributed by atoms with van der Waals surface area (Å²) < 4.78 is 6.38. The third-order valence-electron chi connectivity index (χ3n) is 4.05. The molecular weight excluding hydrogens is 244 g/mol. The Morgan fingerprint density at radius 3 is 2.25 bits per heavy atom. The molecule has 2 aromatic carbocycles. The summed E-state index contributed by atoms with van der Waals surface area (Å²) in [4.78, 5) is 0. The Labute approximate surface area is 120 Å². The summed E-state index contributed by atoms with van der Waals surface area (Å²) in [7, 11) is 0. The molecule has 0 aromatic heterocycles. The number of rotatable bonds is 2. The van der Waals surface area contributed by atoms with Gasteiger partial charge < -0.3 is 4.74 Å². The Morgan fingerprint density at radius 2 is 1.65 bits per heavy atom. The van der Waals surface area contributed by atoms with Gasteiger partial charge in [0, 0.05) is 12.0 Å². The highest BCUT2D eigenvalue weighted by Crippen LogP contribution is 2.48. The van der Waals surface area contributed by atoms with Crippen LogP contribution in [0.4, 0.5) is 0 Å². The summed E-state index contributed by atoms with van der Waals surface area (Å²) in [5, 5.41) is 0. The summed E-state index contributed by atoms with van der Waals surface area (Å²) in [6, 6.07) is 20.7. The fourth-order valence-corrected chi connectivity index (χ4v) is 2.87. The fourth-order valence-electron chi connectivity index (χ4n) is 2.87. The van der Waals surface area contributed by atoms with Crippen molar-refractivity contribution in [1.82, 2.24) is 0 Å². The Morgan fingerprint density at radius 1 is 1.05 bits per heavy atom. The van der Waals surface area contributed by atoms with Gasteiger partial charge in [0.1, 0.15) is 5.60 Å². The highest BCUT2D eigenvalue weighted by molar-refractivity contribution is 5.36. The monoisotopic (exact) mass is 262 g/mol. The minimum Gasteiger partial charge on any atom is -0.357 e. The van der Waals surface area contributed by atoms with Crippen molar-refractivity contribution in [3.05, 3.63) is 89.7 Å². The molecule has 20 heavy (non-hydrogen) atoms. The summed E-state index contributed by atoms with van der Waals surface area (Å²) in [6.45, 7) is 5.96. The Hall–Kier alpha value is -2.08. The maximum atomic E-state index is 6.38. The lowest BCUT2D eigenvalue weighted by Gasteiger charge is -2.26. The van der Waals surface area contributed by atoms with E-state index in [1.54, 1.807) is 0 Å². The molecule has 1 aliphatic heterocycles. The van der Waals surface area contributed by atoms with Crippen molar-refractivity contribution in [3.8, 4) is 0 Å². The van der Waals surface area contributed by atoms with Crippen molar-refractivity contribution in [2.75, 3.05) is 0 Å². The average Bonchev–Trinajstić information content (AvgIpc) is 2.87.